The number of nitrogens with one attached hydrogen (secondary N) is 2. The molecular formula is C12H14N2OSe. The maximum atomic E-state index is 11.7. The Morgan fingerprint density at radius 3 is 3.00 bits per heavy atom. The zero-order chi connectivity index (χ0) is 11.5. The van der Waals surface area contributed by atoms with Crippen LogP contribution in [0.25, 0.3) is 10.9 Å². The second kappa shape index (κ2) is 4.72. The molecule has 0 aliphatic heterocycles. The molecule has 0 saturated carbocycles. The van der Waals surface area contributed by atoms with Crippen molar-refractivity contribution in [2.45, 2.75) is 12.2 Å². The van der Waals surface area contributed by atoms with Crippen LogP contribution in [0.3, 0.4) is 0 Å². The predicted octanol–water partition coefficient (Wildman–Crippen LogP) is 1.30. The first kappa shape index (κ1) is 11.2. The van der Waals surface area contributed by atoms with E-state index in [4.69, 9.17) is 0 Å². The Morgan fingerprint density at radius 2 is 2.31 bits per heavy atom. The predicted molar refractivity (Wildman–Crippen MR) is 67.6 cm³/mol. The Kier molecular flexibility index (Phi) is 3.32. The van der Waals surface area contributed by atoms with Crippen molar-refractivity contribution in [1.29, 1.82) is 0 Å². The van der Waals surface area contributed by atoms with Crippen LogP contribution in [0.1, 0.15) is 17.3 Å². The van der Waals surface area contributed by atoms with Gasteiger partial charge in [0.2, 0.25) is 0 Å². The second-order valence-corrected chi connectivity index (χ2v) is 6.13. The molecule has 0 radical (unpaired) electrons. The Labute approximate surface area is 101 Å². The summed E-state index contributed by atoms with van der Waals surface area (Å²) >= 11 is 0.486. The first-order valence-corrected chi connectivity index (χ1v) is 7.29. The molecule has 16 heavy (non-hydrogen) atoms. The van der Waals surface area contributed by atoms with E-state index in [0.717, 1.165) is 11.1 Å². The Hall–Kier alpha value is -1.25. The van der Waals surface area contributed by atoms with Crippen LogP contribution in [0.2, 0.25) is 5.32 Å². The number of rotatable bonds is 3. The Bertz CT molecular complexity index is 519. The zero-order valence-electron chi connectivity index (χ0n) is 9.33. The van der Waals surface area contributed by atoms with Gasteiger partial charge in [-0.3, -0.25) is 0 Å². The first-order chi connectivity index (χ1) is 7.77. The third kappa shape index (κ3) is 1.86. The zero-order valence-corrected chi connectivity index (χ0v) is 11.0. The molecule has 4 heteroatoms. The molecule has 0 unspecified atom stereocenters. The fraction of sp³-hybridized carbons (Fsp3) is 0.250. The van der Waals surface area contributed by atoms with Gasteiger partial charge in [0.1, 0.15) is 0 Å². The van der Waals surface area contributed by atoms with Crippen LogP contribution in [-0.2, 0) is 0 Å². The number of aromatic nitrogens is 1. The fourth-order valence-electron chi connectivity index (χ4n) is 1.73. The molecule has 1 heterocycles. The number of hydrogen-bond donors (Lipinski definition) is 2. The van der Waals surface area contributed by atoms with Crippen LogP contribution >= 0.6 is 0 Å². The van der Waals surface area contributed by atoms with E-state index < -0.39 is 0 Å². The second-order valence-electron chi connectivity index (χ2n) is 3.39. The summed E-state index contributed by atoms with van der Waals surface area (Å²) in [6.07, 6.45) is 2.03. The number of hydrogen-bond acceptors (Lipinski definition) is 1. The van der Waals surface area contributed by atoms with Crippen molar-refractivity contribution in [3.05, 3.63) is 30.0 Å². The summed E-state index contributed by atoms with van der Waals surface area (Å²) < 4.78 is 1.34. The summed E-state index contributed by atoms with van der Waals surface area (Å²) in [7, 11) is 1.65. The molecule has 0 bridgehead atoms. The van der Waals surface area contributed by atoms with E-state index in [0.29, 0.717) is 15.0 Å². The van der Waals surface area contributed by atoms with Gasteiger partial charge >= 0.3 is 101 Å². The maximum absolute atomic E-state index is 11.7. The molecule has 1 aromatic carbocycles. The summed E-state index contributed by atoms with van der Waals surface area (Å²) in [5.41, 5.74) is 1.67. The molecule has 0 aliphatic rings. The molecular weight excluding hydrogens is 267 g/mol. The van der Waals surface area contributed by atoms with Crippen LogP contribution in [0.5, 0.6) is 0 Å². The van der Waals surface area contributed by atoms with E-state index in [9.17, 15) is 4.79 Å². The van der Waals surface area contributed by atoms with E-state index in [1.54, 1.807) is 7.05 Å². The third-order valence-electron chi connectivity index (χ3n) is 2.45. The monoisotopic (exact) mass is 282 g/mol. The topological polar surface area (TPSA) is 44.9 Å². The van der Waals surface area contributed by atoms with Crippen LogP contribution in [0.15, 0.2) is 24.4 Å². The van der Waals surface area contributed by atoms with Gasteiger partial charge in [-0.1, -0.05) is 0 Å². The van der Waals surface area contributed by atoms with Crippen molar-refractivity contribution in [2.24, 2.45) is 0 Å². The van der Waals surface area contributed by atoms with Crippen LogP contribution < -0.4 is 9.78 Å². The van der Waals surface area contributed by atoms with E-state index in [1.807, 2.05) is 18.3 Å². The van der Waals surface area contributed by atoms with E-state index in [-0.39, 0.29) is 5.91 Å². The van der Waals surface area contributed by atoms with E-state index >= 15 is 0 Å². The van der Waals surface area contributed by atoms with E-state index in [2.05, 4.69) is 23.3 Å². The van der Waals surface area contributed by atoms with Gasteiger partial charge in [-0.15, -0.1) is 0 Å². The molecule has 1 amide bonds. The number of fused-ring (bicyclic) bond motifs is 1. The molecule has 2 aromatic rings. The number of carbonyl (C=O) groups is 1. The summed E-state index contributed by atoms with van der Waals surface area (Å²) in [6.45, 7) is 2.18. The Morgan fingerprint density at radius 1 is 1.50 bits per heavy atom. The number of para-hydroxylation sites is 1. The SMILES string of the molecule is CC[Se]c1c[nH]c2c(C(=O)NC)cccc12. The number of aromatic amines is 1. The van der Waals surface area contributed by atoms with Gasteiger partial charge in [0.05, 0.1) is 0 Å². The molecule has 1 aromatic heterocycles. The van der Waals surface area contributed by atoms with Crippen LogP contribution in [-0.4, -0.2) is 32.9 Å². The molecule has 0 saturated heterocycles. The molecule has 0 fully saturated rings. The van der Waals surface area contributed by atoms with Gasteiger partial charge < -0.3 is 0 Å². The van der Waals surface area contributed by atoms with Gasteiger partial charge in [-0.05, 0) is 0 Å². The van der Waals surface area contributed by atoms with Crippen LogP contribution in [0.4, 0.5) is 0 Å². The molecule has 3 nitrogen and oxygen atoms in total. The van der Waals surface area contributed by atoms with E-state index in [1.165, 1.54) is 15.2 Å². The van der Waals surface area contributed by atoms with Crippen LogP contribution in [0, 0.1) is 0 Å². The molecule has 0 atom stereocenters. The first-order valence-electron chi connectivity index (χ1n) is 5.23. The third-order valence-corrected chi connectivity index (χ3v) is 4.42. The van der Waals surface area contributed by atoms with Crippen molar-refractivity contribution >= 4 is 36.2 Å². The molecule has 2 rings (SSSR count). The quantitative estimate of drug-likeness (QED) is 0.818. The number of amides is 1. The normalized spacial score (nSPS) is 10.6. The fourth-order valence-corrected chi connectivity index (χ4v) is 3.36. The van der Waals surface area contributed by atoms with Crippen molar-refractivity contribution in [3.8, 4) is 0 Å². The minimum absolute atomic E-state index is 0.0389. The molecule has 0 aliphatic carbocycles. The summed E-state index contributed by atoms with van der Waals surface area (Å²) in [5.74, 6) is -0.0389. The summed E-state index contributed by atoms with van der Waals surface area (Å²) in [6, 6.07) is 5.86. The number of carbonyl (C=O) groups excluding carboxylic acids is 1. The number of H-pyrrole nitrogens is 1. The van der Waals surface area contributed by atoms with Crippen molar-refractivity contribution in [3.63, 3.8) is 0 Å². The molecule has 84 valence electrons. The molecule has 0 spiro atoms. The van der Waals surface area contributed by atoms with Gasteiger partial charge in [0.15, 0.2) is 0 Å². The summed E-state index contributed by atoms with van der Waals surface area (Å²) in [5, 5.41) is 5.01. The van der Waals surface area contributed by atoms with Gasteiger partial charge in [0, 0.05) is 0 Å². The standard InChI is InChI=1S/C12H14N2OSe/c1-3-16-10-7-14-11-8(10)5-4-6-9(11)12(15)13-2/h4-7,14H,3H2,1-2H3,(H,13,15). The van der Waals surface area contributed by atoms with Gasteiger partial charge in [-0.25, -0.2) is 0 Å². The average Bonchev–Trinajstić information content (AvgIpc) is 2.72. The summed E-state index contributed by atoms with van der Waals surface area (Å²) in [4.78, 5) is 14.9. The Balaban J connectivity index is 2.57. The van der Waals surface area contributed by atoms with Gasteiger partial charge in [0.25, 0.3) is 0 Å². The van der Waals surface area contributed by atoms with Crippen molar-refractivity contribution in [1.82, 2.24) is 10.3 Å². The van der Waals surface area contributed by atoms with Gasteiger partial charge in [-0.2, -0.15) is 0 Å². The van der Waals surface area contributed by atoms with Crippen molar-refractivity contribution in [2.75, 3.05) is 7.05 Å². The minimum atomic E-state index is -0.0389. The van der Waals surface area contributed by atoms with Crippen molar-refractivity contribution < 1.29 is 4.79 Å². The number of benzene rings is 1. The molecule has 2 N–H and O–H groups in total. The average molecular weight is 281 g/mol.